The lowest BCUT2D eigenvalue weighted by molar-refractivity contribution is -0.124. The molecule has 0 aliphatic rings. The number of hydrogen-bond acceptors (Lipinski definition) is 5. The number of rotatable bonds is 7. The van der Waals surface area contributed by atoms with Crippen LogP contribution in [0.4, 0.5) is 0 Å². The van der Waals surface area contributed by atoms with Crippen LogP contribution in [0.25, 0.3) is 6.08 Å². The largest absolute Gasteiger partial charge is 0.493 e. The van der Waals surface area contributed by atoms with Gasteiger partial charge in [-0.1, -0.05) is 17.7 Å². The van der Waals surface area contributed by atoms with Crippen molar-refractivity contribution in [3.05, 3.63) is 58.8 Å². The minimum absolute atomic E-state index is 0.103. The van der Waals surface area contributed by atoms with Crippen LogP contribution in [0.15, 0.2) is 42.1 Å². The van der Waals surface area contributed by atoms with E-state index in [1.54, 1.807) is 44.4 Å². The summed E-state index contributed by atoms with van der Waals surface area (Å²) in [6.45, 7) is 1.94. The average molecular weight is 398 g/mol. The first-order valence-electron chi connectivity index (χ1n) is 8.92. The van der Waals surface area contributed by atoms with Crippen molar-refractivity contribution in [3.8, 4) is 17.2 Å². The summed E-state index contributed by atoms with van der Waals surface area (Å²) in [6.07, 6.45) is 1.55. The zero-order chi connectivity index (χ0) is 21.6. The van der Waals surface area contributed by atoms with Gasteiger partial charge in [-0.25, -0.2) is 0 Å². The Labute approximate surface area is 170 Å². The van der Waals surface area contributed by atoms with Gasteiger partial charge in [0.25, 0.3) is 11.8 Å². The van der Waals surface area contributed by atoms with E-state index in [-0.39, 0.29) is 17.5 Å². The Morgan fingerprint density at radius 2 is 1.52 bits per heavy atom. The summed E-state index contributed by atoms with van der Waals surface area (Å²) in [5, 5.41) is 2.70. The summed E-state index contributed by atoms with van der Waals surface area (Å²) in [5.41, 5.74) is 2.15. The van der Waals surface area contributed by atoms with E-state index in [1.807, 2.05) is 19.1 Å². The number of benzene rings is 2. The molecular weight excluding hydrogens is 372 g/mol. The second-order valence-corrected chi connectivity index (χ2v) is 6.50. The number of hydrogen-bond donors (Lipinski definition) is 1. The van der Waals surface area contributed by atoms with E-state index in [1.165, 1.54) is 26.2 Å². The number of methoxy groups -OCH3 is 3. The van der Waals surface area contributed by atoms with Crippen molar-refractivity contribution in [1.82, 2.24) is 10.2 Å². The highest BCUT2D eigenvalue weighted by Crippen LogP contribution is 2.40. The van der Waals surface area contributed by atoms with Crippen LogP contribution in [0.2, 0.25) is 0 Å². The number of aryl methyl sites for hydroxylation is 1. The Morgan fingerprint density at radius 1 is 0.897 bits per heavy atom. The molecule has 0 saturated carbocycles. The van der Waals surface area contributed by atoms with Crippen molar-refractivity contribution in [2.45, 2.75) is 6.92 Å². The van der Waals surface area contributed by atoms with Gasteiger partial charge in [-0.05, 0) is 37.3 Å². The standard InChI is InChI=1S/C22H26N2O5/c1-14-7-9-15(10-8-14)21(25)23-17(22(26)24(2)3)13-16-11-12-18(27-4)20(29-6)19(16)28-5/h7-13H,1-6H3,(H,23,25). The molecule has 0 atom stereocenters. The molecule has 0 radical (unpaired) electrons. The van der Waals surface area contributed by atoms with Crippen molar-refractivity contribution in [3.63, 3.8) is 0 Å². The molecule has 0 unspecified atom stereocenters. The van der Waals surface area contributed by atoms with Gasteiger partial charge in [0.1, 0.15) is 5.70 Å². The maximum absolute atomic E-state index is 12.7. The van der Waals surface area contributed by atoms with Crippen molar-refractivity contribution >= 4 is 17.9 Å². The van der Waals surface area contributed by atoms with Gasteiger partial charge in [-0.15, -0.1) is 0 Å². The third kappa shape index (κ3) is 5.07. The Balaban J connectivity index is 2.50. The van der Waals surface area contributed by atoms with Crippen LogP contribution >= 0.6 is 0 Å². The van der Waals surface area contributed by atoms with Crippen LogP contribution in [-0.4, -0.2) is 52.1 Å². The maximum Gasteiger partial charge on any atom is 0.269 e. The first kappa shape index (κ1) is 21.8. The second-order valence-electron chi connectivity index (χ2n) is 6.50. The topological polar surface area (TPSA) is 77.1 Å². The zero-order valence-corrected chi connectivity index (χ0v) is 17.5. The lowest BCUT2D eigenvalue weighted by atomic mass is 10.1. The molecule has 29 heavy (non-hydrogen) atoms. The molecule has 7 nitrogen and oxygen atoms in total. The number of nitrogens with zero attached hydrogens (tertiary/aromatic N) is 1. The van der Waals surface area contributed by atoms with Crippen molar-refractivity contribution in [2.24, 2.45) is 0 Å². The SMILES string of the molecule is COc1ccc(C=C(NC(=O)c2ccc(C)cc2)C(=O)N(C)C)c(OC)c1OC. The van der Waals surface area contributed by atoms with Crippen LogP contribution in [0, 0.1) is 6.92 Å². The molecule has 0 fully saturated rings. The van der Waals surface area contributed by atoms with Gasteiger partial charge in [0.2, 0.25) is 5.75 Å². The highest BCUT2D eigenvalue weighted by molar-refractivity contribution is 6.05. The quantitative estimate of drug-likeness (QED) is 0.726. The molecule has 0 saturated heterocycles. The summed E-state index contributed by atoms with van der Waals surface area (Å²) in [7, 11) is 7.74. The van der Waals surface area contributed by atoms with Gasteiger partial charge in [0.15, 0.2) is 11.5 Å². The number of carbonyl (C=O) groups is 2. The van der Waals surface area contributed by atoms with E-state index in [2.05, 4.69) is 5.32 Å². The molecule has 0 aromatic heterocycles. The highest BCUT2D eigenvalue weighted by atomic mass is 16.5. The molecule has 1 N–H and O–H groups in total. The molecule has 2 aromatic rings. The Kier molecular flexibility index (Phi) is 7.25. The van der Waals surface area contributed by atoms with E-state index in [0.717, 1.165) is 5.56 Å². The fourth-order valence-electron chi connectivity index (χ4n) is 2.69. The normalized spacial score (nSPS) is 10.9. The van der Waals surface area contributed by atoms with Gasteiger partial charge < -0.3 is 24.4 Å². The number of ether oxygens (including phenoxy) is 3. The molecule has 2 rings (SSSR count). The third-order valence-corrected chi connectivity index (χ3v) is 4.23. The smallest absolute Gasteiger partial charge is 0.269 e. The fraction of sp³-hybridized carbons (Fsp3) is 0.273. The van der Waals surface area contributed by atoms with E-state index >= 15 is 0 Å². The first-order valence-corrected chi connectivity index (χ1v) is 8.92. The van der Waals surface area contributed by atoms with Gasteiger partial charge in [-0.3, -0.25) is 9.59 Å². The lowest BCUT2D eigenvalue weighted by Gasteiger charge is -2.17. The summed E-state index contributed by atoms with van der Waals surface area (Å²) in [5.74, 6) is 0.532. The molecule has 2 amide bonds. The Bertz CT molecular complexity index is 918. The number of carbonyl (C=O) groups excluding carboxylic acids is 2. The molecule has 0 heterocycles. The summed E-state index contributed by atoms with van der Waals surface area (Å²) in [6, 6.07) is 10.5. The third-order valence-electron chi connectivity index (χ3n) is 4.23. The molecule has 0 spiro atoms. The van der Waals surface area contributed by atoms with Gasteiger partial charge in [0, 0.05) is 25.2 Å². The predicted molar refractivity (Wildman–Crippen MR) is 111 cm³/mol. The highest BCUT2D eigenvalue weighted by Gasteiger charge is 2.20. The molecule has 154 valence electrons. The van der Waals surface area contributed by atoms with Crippen LogP contribution in [0.1, 0.15) is 21.5 Å². The van der Waals surface area contributed by atoms with E-state index in [4.69, 9.17) is 14.2 Å². The van der Waals surface area contributed by atoms with Gasteiger partial charge >= 0.3 is 0 Å². The second kappa shape index (κ2) is 9.64. The van der Waals surface area contributed by atoms with Crippen LogP contribution in [-0.2, 0) is 4.79 Å². The van der Waals surface area contributed by atoms with Gasteiger partial charge in [-0.2, -0.15) is 0 Å². The van der Waals surface area contributed by atoms with Crippen LogP contribution in [0.5, 0.6) is 17.2 Å². The minimum atomic E-state index is -0.383. The molecule has 2 aromatic carbocycles. The van der Waals surface area contributed by atoms with Crippen molar-refractivity contribution in [2.75, 3.05) is 35.4 Å². The Hall–Kier alpha value is -3.48. The minimum Gasteiger partial charge on any atom is -0.493 e. The van der Waals surface area contributed by atoms with E-state index in [9.17, 15) is 9.59 Å². The van der Waals surface area contributed by atoms with Crippen molar-refractivity contribution in [1.29, 1.82) is 0 Å². The van der Waals surface area contributed by atoms with Crippen LogP contribution < -0.4 is 19.5 Å². The average Bonchev–Trinajstić information content (AvgIpc) is 2.72. The van der Waals surface area contributed by atoms with Crippen LogP contribution in [0.3, 0.4) is 0 Å². The summed E-state index contributed by atoms with van der Waals surface area (Å²) >= 11 is 0. The molecule has 0 bridgehead atoms. The summed E-state index contributed by atoms with van der Waals surface area (Å²) < 4.78 is 16.1. The predicted octanol–water partition coefficient (Wildman–Crippen LogP) is 2.88. The van der Waals surface area contributed by atoms with Gasteiger partial charge in [0.05, 0.1) is 21.3 Å². The monoisotopic (exact) mass is 398 g/mol. The van der Waals surface area contributed by atoms with E-state index < -0.39 is 0 Å². The van der Waals surface area contributed by atoms with Crippen molar-refractivity contribution < 1.29 is 23.8 Å². The number of nitrogens with one attached hydrogen (secondary N) is 1. The molecular formula is C22H26N2O5. The maximum atomic E-state index is 12.7. The number of likely N-dealkylation sites (N-methyl/N-ethyl adjacent to an activating group) is 1. The zero-order valence-electron chi connectivity index (χ0n) is 17.5. The molecule has 7 heteroatoms. The molecule has 0 aliphatic heterocycles. The number of amides is 2. The first-order chi connectivity index (χ1) is 13.8. The fourth-order valence-corrected chi connectivity index (χ4v) is 2.69. The summed E-state index contributed by atoms with van der Waals surface area (Å²) in [4.78, 5) is 26.7. The molecule has 0 aliphatic carbocycles. The van der Waals surface area contributed by atoms with E-state index in [0.29, 0.717) is 28.4 Å². The lowest BCUT2D eigenvalue weighted by Crippen LogP contribution is -2.34. The Morgan fingerprint density at radius 3 is 2.03 bits per heavy atom.